The van der Waals surface area contributed by atoms with Crippen molar-refractivity contribution in [1.29, 1.82) is 5.26 Å². The Kier molecular flexibility index (Phi) is 6.54. The predicted molar refractivity (Wildman–Crippen MR) is 97.7 cm³/mol. The largest absolute Gasteiger partial charge is 0.374 e. The van der Waals surface area contributed by atoms with Crippen molar-refractivity contribution in [3.8, 4) is 6.07 Å². The Morgan fingerprint density at radius 1 is 1.36 bits per heavy atom. The summed E-state index contributed by atoms with van der Waals surface area (Å²) in [6, 6.07) is 7.35. The standard InChI is InChI=1S/C19H26N4O2/c1-14(24)17-5-4-16(11-20)10-18(17)22(3)12-15-6-8-23(9-7-15)13-19(25)21-2/h4-5,10,15H,6-9,12-13H2,1-3H3,(H,21,25). The highest BCUT2D eigenvalue weighted by Crippen LogP contribution is 2.25. The summed E-state index contributed by atoms with van der Waals surface area (Å²) in [5, 5.41) is 11.8. The fraction of sp³-hybridized carbons (Fsp3) is 0.526. The van der Waals surface area contributed by atoms with Crippen LogP contribution in [0.3, 0.4) is 0 Å². The average molecular weight is 342 g/mol. The Hall–Kier alpha value is -2.39. The summed E-state index contributed by atoms with van der Waals surface area (Å²) in [7, 11) is 3.63. The van der Waals surface area contributed by atoms with Crippen LogP contribution in [0.4, 0.5) is 5.69 Å². The fourth-order valence-electron chi connectivity index (χ4n) is 3.31. The van der Waals surface area contributed by atoms with E-state index in [1.165, 1.54) is 0 Å². The number of carbonyl (C=O) groups is 2. The smallest absolute Gasteiger partial charge is 0.233 e. The van der Waals surface area contributed by atoms with Gasteiger partial charge in [0.1, 0.15) is 0 Å². The van der Waals surface area contributed by atoms with Crippen LogP contribution in [0.15, 0.2) is 18.2 Å². The van der Waals surface area contributed by atoms with Crippen LogP contribution in [0.2, 0.25) is 0 Å². The number of nitriles is 1. The van der Waals surface area contributed by atoms with Crippen LogP contribution >= 0.6 is 0 Å². The summed E-state index contributed by atoms with van der Waals surface area (Å²) >= 11 is 0. The van der Waals surface area contributed by atoms with Gasteiger partial charge in [-0.05, 0) is 57.0 Å². The normalized spacial score (nSPS) is 15.4. The van der Waals surface area contributed by atoms with Gasteiger partial charge in [0.2, 0.25) is 5.91 Å². The van der Waals surface area contributed by atoms with Crippen molar-refractivity contribution in [2.45, 2.75) is 19.8 Å². The molecule has 2 rings (SSSR count). The number of likely N-dealkylation sites (N-methyl/N-ethyl adjacent to an activating group) is 1. The van der Waals surface area contributed by atoms with Crippen LogP contribution < -0.4 is 10.2 Å². The summed E-state index contributed by atoms with van der Waals surface area (Å²) in [5.74, 6) is 0.568. The van der Waals surface area contributed by atoms with E-state index in [1.807, 2.05) is 7.05 Å². The van der Waals surface area contributed by atoms with Crippen LogP contribution in [0, 0.1) is 17.2 Å². The zero-order valence-electron chi connectivity index (χ0n) is 15.2. The van der Waals surface area contributed by atoms with Crippen molar-refractivity contribution in [3.05, 3.63) is 29.3 Å². The van der Waals surface area contributed by atoms with Crippen molar-refractivity contribution in [3.63, 3.8) is 0 Å². The number of nitrogens with one attached hydrogen (secondary N) is 1. The number of Topliss-reactive ketones (excluding diaryl/α,β-unsaturated/α-hetero) is 1. The highest BCUT2D eigenvalue weighted by Gasteiger charge is 2.23. The second-order valence-corrected chi connectivity index (χ2v) is 6.67. The van der Waals surface area contributed by atoms with Gasteiger partial charge >= 0.3 is 0 Å². The number of anilines is 1. The Morgan fingerprint density at radius 3 is 2.60 bits per heavy atom. The van der Waals surface area contributed by atoms with Gasteiger partial charge in [0, 0.05) is 31.9 Å². The van der Waals surface area contributed by atoms with E-state index >= 15 is 0 Å². The zero-order valence-corrected chi connectivity index (χ0v) is 15.2. The molecule has 6 heteroatoms. The third-order valence-electron chi connectivity index (χ3n) is 4.80. The van der Waals surface area contributed by atoms with Crippen LogP contribution in [-0.4, -0.2) is 56.9 Å². The number of likely N-dealkylation sites (tertiary alicyclic amines) is 1. The van der Waals surface area contributed by atoms with Gasteiger partial charge in [-0.3, -0.25) is 14.5 Å². The van der Waals surface area contributed by atoms with Crippen LogP contribution in [-0.2, 0) is 4.79 Å². The maximum Gasteiger partial charge on any atom is 0.233 e. The zero-order chi connectivity index (χ0) is 18.4. The molecular formula is C19H26N4O2. The van der Waals surface area contributed by atoms with Gasteiger partial charge in [-0.2, -0.15) is 5.26 Å². The molecular weight excluding hydrogens is 316 g/mol. The molecule has 1 N–H and O–H groups in total. The maximum atomic E-state index is 11.9. The molecule has 134 valence electrons. The first-order valence-corrected chi connectivity index (χ1v) is 8.63. The molecule has 0 unspecified atom stereocenters. The summed E-state index contributed by atoms with van der Waals surface area (Å²) < 4.78 is 0. The van der Waals surface area contributed by atoms with Gasteiger partial charge in [-0.25, -0.2) is 0 Å². The molecule has 25 heavy (non-hydrogen) atoms. The maximum absolute atomic E-state index is 11.9. The van der Waals surface area contributed by atoms with E-state index in [0.29, 0.717) is 23.6 Å². The first-order valence-electron chi connectivity index (χ1n) is 8.63. The number of carbonyl (C=O) groups excluding carboxylic acids is 2. The fourth-order valence-corrected chi connectivity index (χ4v) is 3.31. The molecule has 1 amide bonds. The second kappa shape index (κ2) is 8.63. The molecule has 0 radical (unpaired) electrons. The van der Waals surface area contributed by atoms with Crippen LogP contribution in [0.5, 0.6) is 0 Å². The molecule has 0 atom stereocenters. The molecule has 0 spiro atoms. The molecule has 1 saturated heterocycles. The molecule has 1 fully saturated rings. The number of amides is 1. The first-order chi connectivity index (χ1) is 11.9. The van der Waals surface area contributed by atoms with Gasteiger partial charge in [0.15, 0.2) is 5.78 Å². The number of hydrogen-bond donors (Lipinski definition) is 1. The number of nitrogens with zero attached hydrogens (tertiary/aromatic N) is 3. The topological polar surface area (TPSA) is 76.4 Å². The van der Waals surface area contributed by atoms with E-state index in [2.05, 4.69) is 21.2 Å². The third-order valence-corrected chi connectivity index (χ3v) is 4.80. The van der Waals surface area contributed by atoms with E-state index in [1.54, 1.807) is 32.2 Å². The van der Waals surface area contributed by atoms with Crippen LogP contribution in [0.1, 0.15) is 35.7 Å². The average Bonchev–Trinajstić information content (AvgIpc) is 2.62. The van der Waals surface area contributed by atoms with Gasteiger partial charge < -0.3 is 10.2 Å². The molecule has 1 heterocycles. The number of hydrogen-bond acceptors (Lipinski definition) is 5. The van der Waals surface area contributed by atoms with Crippen molar-refractivity contribution in [2.75, 3.05) is 45.2 Å². The minimum absolute atomic E-state index is 0.00624. The second-order valence-electron chi connectivity index (χ2n) is 6.67. The minimum Gasteiger partial charge on any atom is -0.374 e. The van der Waals surface area contributed by atoms with Gasteiger partial charge in [0.05, 0.1) is 18.2 Å². The molecule has 1 aromatic carbocycles. The summed E-state index contributed by atoms with van der Waals surface area (Å²) in [6.07, 6.45) is 2.04. The lowest BCUT2D eigenvalue weighted by molar-refractivity contribution is -0.122. The molecule has 1 aliphatic heterocycles. The monoisotopic (exact) mass is 342 g/mol. The number of ketones is 1. The number of piperidine rings is 1. The molecule has 0 saturated carbocycles. The molecule has 6 nitrogen and oxygen atoms in total. The number of benzene rings is 1. The number of rotatable bonds is 6. The molecule has 0 aliphatic carbocycles. The highest BCUT2D eigenvalue weighted by molar-refractivity contribution is 6.00. The quantitative estimate of drug-likeness (QED) is 0.796. The third kappa shape index (κ3) is 5.04. The molecule has 0 bridgehead atoms. The van der Waals surface area contributed by atoms with Crippen LogP contribution in [0.25, 0.3) is 0 Å². The van der Waals surface area contributed by atoms with Gasteiger partial charge in [0.25, 0.3) is 0 Å². The van der Waals surface area contributed by atoms with Crippen molar-refractivity contribution < 1.29 is 9.59 Å². The lowest BCUT2D eigenvalue weighted by Crippen LogP contribution is -2.42. The minimum atomic E-state index is 0.00624. The van der Waals surface area contributed by atoms with Crippen molar-refractivity contribution >= 4 is 17.4 Å². The van der Waals surface area contributed by atoms with E-state index in [9.17, 15) is 9.59 Å². The Labute approximate surface area is 149 Å². The van der Waals surface area contributed by atoms with Gasteiger partial charge in [-0.15, -0.1) is 0 Å². The Bertz CT molecular complexity index is 672. The van der Waals surface area contributed by atoms with Crippen molar-refractivity contribution in [2.24, 2.45) is 5.92 Å². The van der Waals surface area contributed by atoms with E-state index in [4.69, 9.17) is 5.26 Å². The molecule has 0 aromatic heterocycles. The Balaban J connectivity index is 1.99. The summed E-state index contributed by atoms with van der Waals surface area (Å²) in [4.78, 5) is 27.6. The predicted octanol–water partition coefficient (Wildman–Crippen LogP) is 1.66. The van der Waals surface area contributed by atoms with Crippen molar-refractivity contribution in [1.82, 2.24) is 10.2 Å². The van der Waals surface area contributed by atoms with E-state index in [0.717, 1.165) is 38.2 Å². The SMILES string of the molecule is CNC(=O)CN1CCC(CN(C)c2cc(C#N)ccc2C(C)=O)CC1. The molecule has 1 aliphatic rings. The summed E-state index contributed by atoms with van der Waals surface area (Å²) in [5.41, 5.74) is 2.03. The highest BCUT2D eigenvalue weighted by atomic mass is 16.2. The first kappa shape index (κ1) is 18.9. The lowest BCUT2D eigenvalue weighted by Gasteiger charge is -2.34. The van der Waals surface area contributed by atoms with E-state index < -0.39 is 0 Å². The Morgan fingerprint density at radius 2 is 2.04 bits per heavy atom. The molecule has 1 aromatic rings. The summed E-state index contributed by atoms with van der Waals surface area (Å²) in [6.45, 7) is 4.66. The van der Waals surface area contributed by atoms with Gasteiger partial charge in [-0.1, -0.05) is 0 Å². The lowest BCUT2D eigenvalue weighted by atomic mass is 9.95. The van der Waals surface area contributed by atoms with E-state index in [-0.39, 0.29) is 11.7 Å².